The summed E-state index contributed by atoms with van der Waals surface area (Å²) in [4.78, 5) is 29.6. The van der Waals surface area contributed by atoms with E-state index in [1.54, 1.807) is 37.8 Å². The number of hydrogen-bond donors (Lipinski definition) is 0. The normalized spacial score (nSPS) is 9.92. The molecule has 2 rings (SSSR count). The van der Waals surface area contributed by atoms with Crippen molar-refractivity contribution in [2.75, 3.05) is 13.2 Å². The fraction of sp³-hybridized carbons (Fsp3) is 0.300. The van der Waals surface area contributed by atoms with E-state index in [1.165, 1.54) is 6.08 Å². The number of aromatic nitrogens is 2. The third-order valence-corrected chi connectivity index (χ3v) is 3.08. The molecule has 0 unspecified atom stereocenters. The highest BCUT2D eigenvalue weighted by Gasteiger charge is 2.01. The van der Waals surface area contributed by atoms with Gasteiger partial charge in [0.2, 0.25) is 0 Å². The Morgan fingerprint density at radius 1 is 0.923 bits per heavy atom. The van der Waals surface area contributed by atoms with Gasteiger partial charge in [0.15, 0.2) is 0 Å². The van der Waals surface area contributed by atoms with E-state index in [0.29, 0.717) is 19.6 Å². The van der Waals surface area contributed by atoms with Gasteiger partial charge in [0.1, 0.15) is 0 Å². The molecule has 0 aliphatic carbocycles. The number of esters is 2. The van der Waals surface area contributed by atoms with Gasteiger partial charge < -0.3 is 9.47 Å². The van der Waals surface area contributed by atoms with Gasteiger partial charge in [-0.1, -0.05) is 0 Å². The minimum atomic E-state index is -0.320. The first-order valence-corrected chi connectivity index (χ1v) is 8.45. The number of ether oxygens (including phenoxy) is 2. The number of rotatable bonds is 7. The molecule has 2 aromatic heterocycles. The predicted octanol–water partition coefficient (Wildman–Crippen LogP) is 3.24. The molecule has 0 N–H and O–H groups in total. The Kier molecular flexibility index (Phi) is 10.7. The summed E-state index contributed by atoms with van der Waals surface area (Å²) >= 11 is 0. The zero-order valence-corrected chi connectivity index (χ0v) is 15.1. The minimum absolute atomic E-state index is 0.140. The monoisotopic (exact) mass is 356 g/mol. The van der Waals surface area contributed by atoms with Crippen molar-refractivity contribution in [2.24, 2.45) is 0 Å². The molecule has 2 heterocycles. The van der Waals surface area contributed by atoms with Crippen molar-refractivity contribution in [3.8, 4) is 0 Å². The largest absolute Gasteiger partial charge is 0.466 e. The second-order valence-electron chi connectivity index (χ2n) is 5.03. The van der Waals surface area contributed by atoms with Crippen LogP contribution in [0.3, 0.4) is 0 Å². The Morgan fingerprint density at radius 2 is 1.50 bits per heavy atom. The van der Waals surface area contributed by atoms with E-state index >= 15 is 0 Å². The maximum Gasteiger partial charge on any atom is 0.330 e. The summed E-state index contributed by atoms with van der Waals surface area (Å²) in [6.07, 6.45) is 11.0. The van der Waals surface area contributed by atoms with Crippen molar-refractivity contribution >= 4 is 18.0 Å². The Bertz CT molecular complexity index is 673. The lowest BCUT2D eigenvalue weighted by atomic mass is 10.1. The molecule has 0 atom stereocenters. The van der Waals surface area contributed by atoms with Gasteiger partial charge in [-0.3, -0.25) is 14.8 Å². The fourth-order valence-electron chi connectivity index (χ4n) is 1.86. The number of aryl methyl sites for hydroxylation is 1. The predicted molar refractivity (Wildman–Crippen MR) is 99.1 cm³/mol. The van der Waals surface area contributed by atoms with Crippen molar-refractivity contribution in [3.05, 3.63) is 66.3 Å². The molecule has 6 nitrogen and oxygen atoms in total. The van der Waals surface area contributed by atoms with E-state index in [-0.39, 0.29) is 11.9 Å². The molecule has 0 aromatic carbocycles. The summed E-state index contributed by atoms with van der Waals surface area (Å²) in [6.45, 7) is 4.44. The average Bonchev–Trinajstić information content (AvgIpc) is 2.67. The fourth-order valence-corrected chi connectivity index (χ4v) is 1.86. The Morgan fingerprint density at radius 3 is 2.08 bits per heavy atom. The van der Waals surface area contributed by atoms with Gasteiger partial charge in [0.25, 0.3) is 0 Å². The van der Waals surface area contributed by atoms with Crippen LogP contribution in [0.15, 0.2) is 55.1 Å². The molecule has 0 amide bonds. The first-order valence-electron chi connectivity index (χ1n) is 8.45. The summed E-state index contributed by atoms with van der Waals surface area (Å²) in [5, 5.41) is 0. The highest BCUT2D eigenvalue weighted by atomic mass is 16.5. The third kappa shape index (κ3) is 9.97. The van der Waals surface area contributed by atoms with Crippen LogP contribution in [0.1, 0.15) is 31.4 Å². The second kappa shape index (κ2) is 13.3. The van der Waals surface area contributed by atoms with Crippen LogP contribution >= 0.6 is 0 Å². The van der Waals surface area contributed by atoms with Crippen molar-refractivity contribution in [1.82, 2.24) is 9.97 Å². The molecule has 138 valence electrons. The Hall–Kier alpha value is -3.02. The molecule has 2 aromatic rings. The maximum atomic E-state index is 11.0. The van der Waals surface area contributed by atoms with Gasteiger partial charge in [-0.05, 0) is 61.7 Å². The quantitative estimate of drug-likeness (QED) is 0.560. The molecule has 0 spiro atoms. The van der Waals surface area contributed by atoms with Crippen molar-refractivity contribution in [1.29, 1.82) is 0 Å². The van der Waals surface area contributed by atoms with Crippen LogP contribution < -0.4 is 0 Å². The summed E-state index contributed by atoms with van der Waals surface area (Å²) in [5.41, 5.74) is 2.05. The maximum absolute atomic E-state index is 11.0. The van der Waals surface area contributed by atoms with Crippen LogP contribution in [0.4, 0.5) is 0 Å². The molecule has 0 saturated carbocycles. The van der Waals surface area contributed by atoms with Crippen LogP contribution in [-0.4, -0.2) is 35.1 Å². The number of carbonyl (C=O) groups excluding carboxylic acids is 2. The van der Waals surface area contributed by atoms with Gasteiger partial charge in [-0.25, -0.2) is 4.79 Å². The Balaban J connectivity index is 0.000000260. The topological polar surface area (TPSA) is 78.4 Å². The van der Waals surface area contributed by atoms with Crippen molar-refractivity contribution < 1.29 is 19.1 Å². The van der Waals surface area contributed by atoms with Gasteiger partial charge in [-0.15, -0.1) is 0 Å². The number of hydrogen-bond acceptors (Lipinski definition) is 6. The summed E-state index contributed by atoms with van der Waals surface area (Å²) in [7, 11) is 0. The number of nitrogens with zero attached hydrogens (tertiary/aromatic N) is 2. The molecular weight excluding hydrogens is 332 g/mol. The number of pyridine rings is 2. The Labute approximate surface area is 153 Å². The van der Waals surface area contributed by atoms with Crippen molar-refractivity contribution in [2.45, 2.75) is 26.7 Å². The van der Waals surface area contributed by atoms with Crippen LogP contribution in [0.2, 0.25) is 0 Å². The third-order valence-electron chi connectivity index (χ3n) is 3.08. The average molecular weight is 356 g/mol. The lowest BCUT2D eigenvalue weighted by Crippen LogP contribution is -2.04. The van der Waals surface area contributed by atoms with Crippen LogP contribution in [0, 0.1) is 0 Å². The molecule has 0 bridgehead atoms. The van der Waals surface area contributed by atoms with Crippen molar-refractivity contribution in [3.63, 3.8) is 0 Å². The first-order chi connectivity index (χ1) is 12.7. The molecule has 0 aliphatic heterocycles. The van der Waals surface area contributed by atoms with Crippen LogP contribution in [0.5, 0.6) is 0 Å². The van der Waals surface area contributed by atoms with Gasteiger partial charge in [0, 0.05) is 37.3 Å². The molecule has 6 heteroatoms. The summed E-state index contributed by atoms with van der Waals surface area (Å²) in [5.74, 6) is -0.460. The molecular formula is C20H24N2O4. The molecule has 0 saturated heterocycles. The van der Waals surface area contributed by atoms with Gasteiger partial charge in [0.05, 0.1) is 13.2 Å². The van der Waals surface area contributed by atoms with Gasteiger partial charge in [-0.2, -0.15) is 0 Å². The van der Waals surface area contributed by atoms with E-state index in [0.717, 1.165) is 17.5 Å². The minimum Gasteiger partial charge on any atom is -0.466 e. The highest BCUT2D eigenvalue weighted by molar-refractivity contribution is 5.86. The molecule has 0 aliphatic rings. The van der Waals surface area contributed by atoms with E-state index in [4.69, 9.17) is 9.47 Å². The smallest absolute Gasteiger partial charge is 0.330 e. The first kappa shape index (κ1) is 21.0. The SMILES string of the molecule is CCOC(=O)C=Cc1ccncc1.CCOC(=O)CCc1ccncc1. The van der Waals surface area contributed by atoms with E-state index < -0.39 is 0 Å². The lowest BCUT2D eigenvalue weighted by Gasteiger charge is -2.00. The zero-order valence-electron chi connectivity index (χ0n) is 15.1. The van der Waals surface area contributed by atoms with Crippen LogP contribution in [-0.2, 0) is 25.5 Å². The number of carbonyl (C=O) groups is 2. The van der Waals surface area contributed by atoms with Crippen LogP contribution in [0.25, 0.3) is 6.08 Å². The van der Waals surface area contributed by atoms with E-state index in [9.17, 15) is 9.59 Å². The highest BCUT2D eigenvalue weighted by Crippen LogP contribution is 2.01. The van der Waals surface area contributed by atoms with Gasteiger partial charge >= 0.3 is 11.9 Å². The zero-order chi connectivity index (χ0) is 19.0. The van der Waals surface area contributed by atoms with E-state index in [2.05, 4.69) is 9.97 Å². The molecule has 0 fully saturated rings. The molecule has 0 radical (unpaired) electrons. The molecule has 26 heavy (non-hydrogen) atoms. The lowest BCUT2D eigenvalue weighted by molar-refractivity contribution is -0.143. The summed E-state index contributed by atoms with van der Waals surface area (Å²) < 4.78 is 9.53. The summed E-state index contributed by atoms with van der Waals surface area (Å²) in [6, 6.07) is 7.43. The second-order valence-corrected chi connectivity index (χ2v) is 5.03. The van der Waals surface area contributed by atoms with E-state index in [1.807, 2.05) is 31.2 Å². The standard InChI is InChI=1S/C10H13NO2.C10H11NO2/c2*1-2-13-10(12)4-3-9-5-7-11-8-6-9/h5-8H,2-4H2,1H3;3-8H,2H2,1H3.